The number of hydrogen-bond acceptors (Lipinski definition) is 2. The van der Waals surface area contributed by atoms with Gasteiger partial charge in [-0.2, -0.15) is 12.6 Å². The Bertz CT molecular complexity index is 372. The minimum Gasteiger partial charge on any atom is -0.294 e. The number of ketones is 1. The van der Waals surface area contributed by atoms with Crippen molar-refractivity contribution in [3.63, 3.8) is 0 Å². The van der Waals surface area contributed by atoms with Crippen molar-refractivity contribution in [2.45, 2.75) is 6.92 Å². The van der Waals surface area contributed by atoms with Gasteiger partial charge in [-0.05, 0) is 24.6 Å². The minimum atomic E-state index is -0.0141. The van der Waals surface area contributed by atoms with Crippen LogP contribution in [0.2, 0.25) is 5.02 Å². The quantitative estimate of drug-likeness (QED) is 0.617. The van der Waals surface area contributed by atoms with Gasteiger partial charge in [-0.25, -0.2) is 0 Å². The van der Waals surface area contributed by atoms with Gasteiger partial charge in [-0.15, -0.1) is 0 Å². The van der Waals surface area contributed by atoms with Crippen molar-refractivity contribution < 1.29 is 4.79 Å². The lowest BCUT2D eigenvalue weighted by atomic mass is 10.1. The van der Waals surface area contributed by atoms with E-state index in [4.69, 9.17) is 11.6 Å². The molecule has 0 aliphatic heterocycles. The Morgan fingerprint density at radius 3 is 2.79 bits per heavy atom. The Morgan fingerprint density at radius 2 is 2.29 bits per heavy atom. The molecule has 1 rings (SSSR count). The van der Waals surface area contributed by atoms with E-state index in [-0.39, 0.29) is 5.78 Å². The number of Topliss-reactive ketones (excluding diaryl/α,β-unsaturated/α-hetero) is 1. The summed E-state index contributed by atoms with van der Waals surface area (Å²) in [6.07, 6.45) is 3.84. The van der Waals surface area contributed by atoms with Crippen LogP contribution in [-0.2, 0) is 0 Å². The summed E-state index contributed by atoms with van der Waals surface area (Å²) >= 11 is 9.99. The molecule has 0 saturated carbocycles. The zero-order valence-corrected chi connectivity index (χ0v) is 9.48. The molecule has 0 amide bonds. The molecule has 0 fully saturated rings. The van der Waals surface area contributed by atoms with Crippen molar-refractivity contribution in [3.05, 3.63) is 40.4 Å². The normalized spacial score (nSPS) is 10.8. The number of carbonyl (C=O) groups excluding carboxylic acids is 1. The second-order valence-corrected chi connectivity index (χ2v) is 3.65. The van der Waals surface area contributed by atoms with Gasteiger partial charge in [-0.1, -0.05) is 29.8 Å². The predicted molar refractivity (Wildman–Crippen MR) is 64.3 cm³/mol. The van der Waals surface area contributed by atoms with E-state index in [0.717, 1.165) is 5.56 Å². The van der Waals surface area contributed by atoms with Gasteiger partial charge in [-0.3, -0.25) is 4.79 Å². The number of rotatable bonds is 3. The van der Waals surface area contributed by atoms with Crippen LogP contribution in [0, 0.1) is 0 Å². The smallest absolute Gasteiger partial charge is 0.161 e. The summed E-state index contributed by atoms with van der Waals surface area (Å²) in [6, 6.07) is 5.38. The van der Waals surface area contributed by atoms with Crippen molar-refractivity contribution in [3.8, 4) is 0 Å². The third-order valence-electron chi connectivity index (χ3n) is 1.79. The average Bonchev–Trinajstić information content (AvgIpc) is 2.14. The lowest BCUT2D eigenvalue weighted by Crippen LogP contribution is -1.92. The number of carbonyl (C=O) groups is 1. The monoisotopic (exact) mass is 226 g/mol. The molecule has 3 heteroatoms. The molecule has 0 saturated heterocycles. The maximum absolute atomic E-state index is 11.1. The topological polar surface area (TPSA) is 17.1 Å². The number of halogens is 1. The predicted octanol–water partition coefficient (Wildman–Crippen LogP) is 3.49. The summed E-state index contributed by atoms with van der Waals surface area (Å²) in [5, 5.41) is 0.499. The Kier molecular flexibility index (Phi) is 4.23. The van der Waals surface area contributed by atoms with E-state index in [1.165, 1.54) is 6.92 Å². The highest BCUT2D eigenvalue weighted by Gasteiger charge is 2.04. The molecular formula is C11H11ClOS. The van der Waals surface area contributed by atoms with Crippen LogP contribution >= 0.6 is 24.2 Å². The Hall–Kier alpha value is -0.730. The summed E-state index contributed by atoms with van der Waals surface area (Å²) < 4.78 is 0. The maximum Gasteiger partial charge on any atom is 0.161 e. The molecule has 74 valence electrons. The van der Waals surface area contributed by atoms with Crippen molar-refractivity contribution in [2.24, 2.45) is 0 Å². The van der Waals surface area contributed by atoms with Crippen molar-refractivity contribution in [1.82, 2.24) is 0 Å². The molecule has 0 bridgehead atoms. The van der Waals surface area contributed by atoms with Gasteiger partial charge >= 0.3 is 0 Å². The van der Waals surface area contributed by atoms with Crippen LogP contribution in [0.4, 0.5) is 0 Å². The number of hydrogen-bond donors (Lipinski definition) is 1. The molecular weight excluding hydrogens is 216 g/mol. The van der Waals surface area contributed by atoms with E-state index in [9.17, 15) is 4.79 Å². The first-order valence-electron chi connectivity index (χ1n) is 4.23. The van der Waals surface area contributed by atoms with Crippen LogP contribution in [-0.4, -0.2) is 11.5 Å². The third-order valence-corrected chi connectivity index (χ3v) is 2.31. The largest absolute Gasteiger partial charge is 0.294 e. The van der Waals surface area contributed by atoms with Crippen LogP contribution in [0.3, 0.4) is 0 Å². The van der Waals surface area contributed by atoms with Gasteiger partial charge in [0.25, 0.3) is 0 Å². The molecule has 0 aliphatic rings. The average molecular weight is 227 g/mol. The molecule has 1 nitrogen and oxygen atoms in total. The highest BCUT2D eigenvalue weighted by molar-refractivity contribution is 7.80. The van der Waals surface area contributed by atoms with Crippen LogP contribution in [0.5, 0.6) is 0 Å². The van der Waals surface area contributed by atoms with E-state index in [2.05, 4.69) is 12.6 Å². The molecule has 0 atom stereocenters. The van der Waals surface area contributed by atoms with Gasteiger partial charge in [0.1, 0.15) is 0 Å². The van der Waals surface area contributed by atoms with Gasteiger partial charge < -0.3 is 0 Å². The third kappa shape index (κ3) is 2.89. The molecule has 0 aliphatic carbocycles. The molecule has 1 aromatic rings. The molecule has 0 unspecified atom stereocenters. The van der Waals surface area contributed by atoms with E-state index in [1.54, 1.807) is 12.1 Å². The van der Waals surface area contributed by atoms with Crippen molar-refractivity contribution in [2.75, 3.05) is 5.75 Å². The maximum atomic E-state index is 11.1. The van der Waals surface area contributed by atoms with Gasteiger partial charge in [0, 0.05) is 11.3 Å². The minimum absolute atomic E-state index is 0.0141. The van der Waals surface area contributed by atoms with Crippen molar-refractivity contribution >= 4 is 36.1 Å². The first-order chi connectivity index (χ1) is 6.65. The summed E-state index contributed by atoms with van der Waals surface area (Å²) in [5.41, 5.74) is 1.55. The van der Waals surface area contributed by atoms with Gasteiger partial charge in [0.15, 0.2) is 5.78 Å². The summed E-state index contributed by atoms with van der Waals surface area (Å²) in [4.78, 5) is 11.1. The molecule has 0 radical (unpaired) electrons. The number of thiol groups is 1. The number of benzene rings is 1. The Labute approximate surface area is 94.2 Å². The summed E-state index contributed by atoms with van der Waals surface area (Å²) in [7, 11) is 0. The fourth-order valence-electron chi connectivity index (χ4n) is 1.11. The fourth-order valence-corrected chi connectivity index (χ4v) is 1.54. The van der Waals surface area contributed by atoms with E-state index in [0.29, 0.717) is 16.3 Å². The summed E-state index contributed by atoms with van der Waals surface area (Å²) in [5.74, 6) is 0.672. The summed E-state index contributed by atoms with van der Waals surface area (Å²) in [6.45, 7) is 1.50. The fraction of sp³-hybridized carbons (Fsp3) is 0.182. The first kappa shape index (κ1) is 11.3. The molecule has 0 N–H and O–H groups in total. The molecule has 0 spiro atoms. The van der Waals surface area contributed by atoms with E-state index >= 15 is 0 Å². The lowest BCUT2D eigenvalue weighted by Gasteiger charge is -2.00. The molecule has 1 aromatic carbocycles. The lowest BCUT2D eigenvalue weighted by molar-refractivity contribution is 0.101. The van der Waals surface area contributed by atoms with Crippen LogP contribution in [0.25, 0.3) is 6.08 Å². The molecule has 14 heavy (non-hydrogen) atoms. The molecule has 0 heterocycles. The standard InChI is InChI=1S/C11H11ClOS/c1-8(13)10-5-4-9(3-2-6-14)7-11(10)12/h2-5,7,14H,6H2,1H3. The Balaban J connectivity index is 3.00. The van der Waals surface area contributed by atoms with Gasteiger partial charge in [0.2, 0.25) is 0 Å². The Morgan fingerprint density at radius 1 is 1.57 bits per heavy atom. The van der Waals surface area contributed by atoms with E-state index < -0.39 is 0 Å². The first-order valence-corrected chi connectivity index (χ1v) is 5.24. The highest BCUT2D eigenvalue weighted by atomic mass is 35.5. The van der Waals surface area contributed by atoms with Crippen LogP contribution < -0.4 is 0 Å². The van der Waals surface area contributed by atoms with Crippen LogP contribution in [0.15, 0.2) is 24.3 Å². The SMILES string of the molecule is CC(=O)c1ccc(C=CCS)cc1Cl. The highest BCUT2D eigenvalue weighted by Crippen LogP contribution is 2.19. The van der Waals surface area contributed by atoms with Gasteiger partial charge in [0.05, 0.1) is 5.02 Å². The van der Waals surface area contributed by atoms with E-state index in [1.807, 2.05) is 18.2 Å². The van der Waals surface area contributed by atoms with Crippen molar-refractivity contribution in [1.29, 1.82) is 0 Å². The second kappa shape index (κ2) is 5.23. The molecule has 0 aromatic heterocycles. The zero-order chi connectivity index (χ0) is 10.6. The second-order valence-electron chi connectivity index (χ2n) is 2.88. The van der Waals surface area contributed by atoms with Crippen LogP contribution in [0.1, 0.15) is 22.8 Å². The zero-order valence-electron chi connectivity index (χ0n) is 7.83.